The highest BCUT2D eigenvalue weighted by molar-refractivity contribution is 6.30. The maximum Gasteiger partial charge on any atom is 0.358 e. The highest BCUT2D eigenvalue weighted by Gasteiger charge is 2.12. The fourth-order valence-corrected chi connectivity index (χ4v) is 3.33. The topological polar surface area (TPSA) is 112 Å². The number of rotatable bonds is 9. The van der Waals surface area contributed by atoms with E-state index in [1.54, 1.807) is 54.2 Å². The van der Waals surface area contributed by atoms with Gasteiger partial charge in [-0.3, -0.25) is 4.79 Å². The summed E-state index contributed by atoms with van der Waals surface area (Å²) in [6.07, 6.45) is 2.99. The first-order valence-electron chi connectivity index (χ1n) is 10.7. The molecule has 2 aromatic heterocycles. The van der Waals surface area contributed by atoms with E-state index in [2.05, 4.69) is 20.6 Å². The standard InChI is InChI=1S/C24H22ClN5O4/c1-2-33-24(32)20-13-14-30(28-20)19-6-3-5-18(15-19)26-21(31)7-4-8-22-27-23(29-34-22)16-9-11-17(25)12-10-16/h3,5-6,9-15H,2,4,7-8H2,1H3,(H,26,31). The van der Waals surface area contributed by atoms with Crippen LogP contribution in [0.25, 0.3) is 17.1 Å². The second kappa shape index (κ2) is 10.8. The average Bonchev–Trinajstić information content (AvgIpc) is 3.50. The third-order valence-corrected chi connectivity index (χ3v) is 5.09. The lowest BCUT2D eigenvalue weighted by Gasteiger charge is -2.07. The fourth-order valence-electron chi connectivity index (χ4n) is 3.20. The Morgan fingerprint density at radius 1 is 1.15 bits per heavy atom. The second-order valence-corrected chi connectivity index (χ2v) is 7.77. The van der Waals surface area contributed by atoms with Gasteiger partial charge in [0.2, 0.25) is 17.6 Å². The molecular weight excluding hydrogens is 458 g/mol. The summed E-state index contributed by atoms with van der Waals surface area (Å²) < 4.78 is 11.8. The minimum absolute atomic E-state index is 0.137. The van der Waals surface area contributed by atoms with Crippen molar-refractivity contribution >= 4 is 29.2 Å². The van der Waals surface area contributed by atoms with Crippen molar-refractivity contribution in [1.29, 1.82) is 0 Å². The van der Waals surface area contributed by atoms with Crippen molar-refractivity contribution in [3.63, 3.8) is 0 Å². The van der Waals surface area contributed by atoms with Crippen molar-refractivity contribution in [2.75, 3.05) is 11.9 Å². The molecule has 1 amide bonds. The third kappa shape index (κ3) is 5.87. The zero-order valence-corrected chi connectivity index (χ0v) is 19.2. The average molecular weight is 480 g/mol. The summed E-state index contributed by atoms with van der Waals surface area (Å²) in [6.45, 7) is 2.02. The fraction of sp³-hybridized carbons (Fsp3) is 0.208. The molecule has 0 spiro atoms. The van der Waals surface area contributed by atoms with E-state index in [9.17, 15) is 9.59 Å². The molecule has 0 unspecified atom stereocenters. The van der Waals surface area contributed by atoms with Crippen LogP contribution in [-0.2, 0) is 16.0 Å². The molecule has 10 heteroatoms. The summed E-state index contributed by atoms with van der Waals surface area (Å²) in [5.74, 6) is 0.336. The van der Waals surface area contributed by atoms with E-state index in [4.69, 9.17) is 20.9 Å². The monoisotopic (exact) mass is 479 g/mol. The van der Waals surface area contributed by atoms with Gasteiger partial charge in [-0.05, 0) is 61.9 Å². The molecule has 0 aliphatic heterocycles. The quantitative estimate of drug-likeness (QED) is 0.346. The van der Waals surface area contributed by atoms with Gasteiger partial charge in [0.25, 0.3) is 0 Å². The zero-order chi connectivity index (χ0) is 23.9. The van der Waals surface area contributed by atoms with Crippen LogP contribution in [0.15, 0.2) is 65.3 Å². The first-order valence-corrected chi connectivity index (χ1v) is 11.1. The van der Waals surface area contributed by atoms with E-state index >= 15 is 0 Å². The van der Waals surface area contributed by atoms with E-state index in [-0.39, 0.29) is 24.6 Å². The Morgan fingerprint density at radius 3 is 2.76 bits per heavy atom. The molecule has 0 saturated heterocycles. The lowest BCUT2D eigenvalue weighted by atomic mass is 10.2. The lowest BCUT2D eigenvalue weighted by molar-refractivity contribution is -0.116. The largest absolute Gasteiger partial charge is 0.461 e. The molecule has 2 heterocycles. The van der Waals surface area contributed by atoms with Gasteiger partial charge in [-0.15, -0.1) is 0 Å². The van der Waals surface area contributed by atoms with E-state index in [1.165, 1.54) is 0 Å². The van der Waals surface area contributed by atoms with E-state index in [0.717, 1.165) is 5.56 Å². The van der Waals surface area contributed by atoms with Crippen molar-refractivity contribution in [1.82, 2.24) is 19.9 Å². The van der Waals surface area contributed by atoms with Crippen LogP contribution in [0.1, 0.15) is 36.1 Å². The molecule has 0 radical (unpaired) electrons. The summed E-state index contributed by atoms with van der Waals surface area (Å²) in [6, 6.07) is 15.9. The third-order valence-electron chi connectivity index (χ3n) is 4.83. The van der Waals surface area contributed by atoms with Gasteiger partial charge in [0.15, 0.2) is 5.69 Å². The van der Waals surface area contributed by atoms with Gasteiger partial charge in [-0.2, -0.15) is 10.1 Å². The number of aryl methyl sites for hydroxylation is 1. The van der Waals surface area contributed by atoms with Gasteiger partial charge in [0.1, 0.15) is 0 Å². The van der Waals surface area contributed by atoms with Crippen LogP contribution >= 0.6 is 11.6 Å². The van der Waals surface area contributed by atoms with Gasteiger partial charge >= 0.3 is 5.97 Å². The van der Waals surface area contributed by atoms with Gasteiger partial charge in [-0.1, -0.05) is 22.8 Å². The molecule has 0 bridgehead atoms. The van der Waals surface area contributed by atoms with Crippen molar-refractivity contribution < 1.29 is 18.8 Å². The number of nitrogens with zero attached hydrogens (tertiary/aromatic N) is 4. The van der Waals surface area contributed by atoms with Crippen LogP contribution in [0.3, 0.4) is 0 Å². The Bertz CT molecular complexity index is 1280. The Labute approximate surface area is 200 Å². The van der Waals surface area contributed by atoms with Crippen molar-refractivity contribution in [3.05, 3.63) is 77.4 Å². The SMILES string of the molecule is CCOC(=O)c1ccn(-c2cccc(NC(=O)CCCc3nc(-c4ccc(Cl)cc4)no3)c2)n1. The summed E-state index contributed by atoms with van der Waals surface area (Å²) >= 11 is 5.90. The maximum absolute atomic E-state index is 12.4. The number of benzene rings is 2. The van der Waals surface area contributed by atoms with Gasteiger partial charge < -0.3 is 14.6 Å². The summed E-state index contributed by atoms with van der Waals surface area (Å²) in [5, 5.41) is 11.7. The van der Waals surface area contributed by atoms with Crippen molar-refractivity contribution in [2.24, 2.45) is 0 Å². The van der Waals surface area contributed by atoms with Crippen LogP contribution in [0.5, 0.6) is 0 Å². The number of nitrogens with one attached hydrogen (secondary N) is 1. The second-order valence-electron chi connectivity index (χ2n) is 7.34. The molecule has 0 aliphatic carbocycles. The molecule has 0 atom stereocenters. The first kappa shape index (κ1) is 23.2. The Kier molecular flexibility index (Phi) is 7.34. The highest BCUT2D eigenvalue weighted by Crippen LogP contribution is 2.19. The molecule has 9 nitrogen and oxygen atoms in total. The number of esters is 1. The summed E-state index contributed by atoms with van der Waals surface area (Å²) in [5.41, 5.74) is 2.35. The number of anilines is 1. The number of halogens is 1. The van der Waals surface area contributed by atoms with Gasteiger partial charge in [0, 0.05) is 35.3 Å². The summed E-state index contributed by atoms with van der Waals surface area (Å²) in [4.78, 5) is 28.6. The molecular formula is C24H22ClN5O4. The van der Waals surface area contributed by atoms with Crippen molar-refractivity contribution in [2.45, 2.75) is 26.2 Å². The maximum atomic E-state index is 12.4. The van der Waals surface area contributed by atoms with Gasteiger partial charge in [-0.25, -0.2) is 9.48 Å². The molecule has 0 aliphatic rings. The predicted molar refractivity (Wildman–Crippen MR) is 126 cm³/mol. The smallest absolute Gasteiger partial charge is 0.358 e. The van der Waals surface area contributed by atoms with Crippen LogP contribution in [0.2, 0.25) is 5.02 Å². The number of carbonyl (C=O) groups excluding carboxylic acids is 2. The van der Waals surface area contributed by atoms with Crippen LogP contribution in [-0.4, -0.2) is 38.4 Å². The number of hydrogen-bond donors (Lipinski definition) is 1. The number of ether oxygens (including phenoxy) is 1. The van der Waals surface area contributed by atoms with Crippen molar-refractivity contribution in [3.8, 4) is 17.1 Å². The van der Waals surface area contributed by atoms with Gasteiger partial charge in [0.05, 0.1) is 12.3 Å². The van der Waals surface area contributed by atoms with E-state index < -0.39 is 5.97 Å². The Hall–Kier alpha value is -3.98. The first-order chi connectivity index (χ1) is 16.5. The number of carbonyl (C=O) groups is 2. The molecule has 0 fully saturated rings. The number of aromatic nitrogens is 4. The summed E-state index contributed by atoms with van der Waals surface area (Å²) in [7, 11) is 0. The Balaban J connectivity index is 1.29. The minimum Gasteiger partial charge on any atom is -0.461 e. The molecule has 34 heavy (non-hydrogen) atoms. The molecule has 4 rings (SSSR count). The Morgan fingerprint density at radius 2 is 1.97 bits per heavy atom. The van der Waals surface area contributed by atoms with Crippen LogP contribution in [0, 0.1) is 0 Å². The van der Waals surface area contributed by atoms with E-state index in [1.807, 2.05) is 18.2 Å². The molecule has 0 saturated carbocycles. The van der Waals surface area contributed by atoms with Crippen LogP contribution in [0.4, 0.5) is 5.69 Å². The molecule has 1 N–H and O–H groups in total. The predicted octanol–water partition coefficient (Wildman–Crippen LogP) is 4.71. The minimum atomic E-state index is -0.479. The normalized spacial score (nSPS) is 10.8. The number of amides is 1. The zero-order valence-electron chi connectivity index (χ0n) is 18.4. The highest BCUT2D eigenvalue weighted by atomic mass is 35.5. The molecule has 4 aromatic rings. The number of hydrogen-bond acceptors (Lipinski definition) is 7. The van der Waals surface area contributed by atoms with E-state index in [0.29, 0.717) is 41.0 Å². The van der Waals surface area contributed by atoms with Crippen LogP contribution < -0.4 is 5.32 Å². The lowest BCUT2D eigenvalue weighted by Crippen LogP contribution is -2.12. The molecule has 2 aromatic carbocycles. The molecule has 174 valence electrons.